The molecule has 2 unspecified atom stereocenters. The van der Waals surface area contributed by atoms with Gasteiger partial charge in [0.1, 0.15) is 0 Å². The molecule has 2 aromatic rings. The summed E-state index contributed by atoms with van der Waals surface area (Å²) in [5.74, 6) is 0. The van der Waals surface area contributed by atoms with E-state index in [9.17, 15) is 8.42 Å². The highest BCUT2D eigenvalue weighted by Gasteiger charge is 2.28. The predicted molar refractivity (Wildman–Crippen MR) is 89.4 cm³/mol. The highest BCUT2D eigenvalue weighted by molar-refractivity contribution is 7.91. The number of benzene rings is 2. The Kier molecular flexibility index (Phi) is 4.69. The maximum absolute atomic E-state index is 12.0. The summed E-state index contributed by atoms with van der Waals surface area (Å²) in [5, 5.41) is 5.15. The second kappa shape index (κ2) is 6.16. The predicted octanol–water partition coefficient (Wildman–Crippen LogP) is 3.23. The molecule has 0 aliphatic rings. The minimum absolute atomic E-state index is 0.198. The number of rotatable bonds is 5. The van der Waals surface area contributed by atoms with Gasteiger partial charge in [0.2, 0.25) is 0 Å². The van der Waals surface area contributed by atoms with Crippen molar-refractivity contribution in [2.45, 2.75) is 32.1 Å². The van der Waals surface area contributed by atoms with Crippen molar-refractivity contribution in [1.29, 1.82) is 0 Å². The van der Waals surface area contributed by atoms with E-state index in [1.165, 1.54) is 6.26 Å². The molecule has 1 N–H and O–H groups in total. The van der Waals surface area contributed by atoms with Crippen LogP contribution in [0, 0.1) is 6.92 Å². The number of sulfone groups is 1. The van der Waals surface area contributed by atoms with Crippen LogP contribution in [-0.4, -0.2) is 26.5 Å². The lowest BCUT2D eigenvalue weighted by Crippen LogP contribution is -2.35. The van der Waals surface area contributed by atoms with Crippen molar-refractivity contribution >= 4 is 20.6 Å². The fourth-order valence-corrected chi connectivity index (χ4v) is 3.51. The molecule has 0 bridgehead atoms. The van der Waals surface area contributed by atoms with Crippen LogP contribution in [0.2, 0.25) is 0 Å². The molecule has 2 rings (SSSR count). The van der Waals surface area contributed by atoms with Gasteiger partial charge in [0, 0.05) is 12.3 Å². The van der Waals surface area contributed by atoms with Gasteiger partial charge in [-0.3, -0.25) is 0 Å². The van der Waals surface area contributed by atoms with Crippen molar-refractivity contribution in [2.75, 3.05) is 12.8 Å². The zero-order valence-corrected chi connectivity index (χ0v) is 13.9. The molecule has 0 fully saturated rings. The van der Waals surface area contributed by atoms with E-state index in [0.717, 1.165) is 28.4 Å². The van der Waals surface area contributed by atoms with E-state index in [4.69, 9.17) is 0 Å². The Bertz CT molecular complexity index is 738. The first-order valence-electron chi connectivity index (χ1n) is 7.26. The van der Waals surface area contributed by atoms with Gasteiger partial charge in [0.25, 0.3) is 0 Å². The Morgan fingerprint density at radius 1 is 1.14 bits per heavy atom. The molecular formula is C17H23NO2S. The van der Waals surface area contributed by atoms with Gasteiger partial charge >= 0.3 is 0 Å². The van der Waals surface area contributed by atoms with Crippen LogP contribution in [0.15, 0.2) is 36.4 Å². The van der Waals surface area contributed by atoms with E-state index < -0.39 is 15.1 Å². The minimum atomic E-state index is -3.12. The van der Waals surface area contributed by atoms with E-state index in [1.54, 1.807) is 6.92 Å². The van der Waals surface area contributed by atoms with Gasteiger partial charge in [0.05, 0.1) is 5.25 Å². The van der Waals surface area contributed by atoms with Crippen LogP contribution in [-0.2, 0) is 9.84 Å². The van der Waals surface area contributed by atoms with Gasteiger partial charge in [-0.05, 0) is 42.3 Å². The van der Waals surface area contributed by atoms with Crippen molar-refractivity contribution in [3.05, 3.63) is 47.5 Å². The van der Waals surface area contributed by atoms with E-state index in [0.29, 0.717) is 0 Å². The summed E-state index contributed by atoms with van der Waals surface area (Å²) < 4.78 is 24.1. The van der Waals surface area contributed by atoms with Crippen LogP contribution in [0.5, 0.6) is 0 Å². The molecule has 2 atom stereocenters. The SMILES string of the molecule is CCNC(c1c(C)ccc2ccccc12)C(C)S(C)(=O)=O. The van der Waals surface area contributed by atoms with Crippen molar-refractivity contribution in [2.24, 2.45) is 0 Å². The third-order valence-electron chi connectivity index (χ3n) is 4.07. The summed E-state index contributed by atoms with van der Waals surface area (Å²) in [5.41, 5.74) is 2.21. The fraction of sp³-hybridized carbons (Fsp3) is 0.412. The number of nitrogens with one attached hydrogen (secondary N) is 1. The Hall–Kier alpha value is -1.39. The molecule has 4 heteroatoms. The summed E-state index contributed by atoms with van der Waals surface area (Å²) in [7, 11) is -3.12. The standard InChI is InChI=1S/C17H23NO2S/c1-5-18-17(13(3)21(4,19)20)16-12(2)10-11-14-8-6-7-9-15(14)16/h6-11,13,17-18H,5H2,1-4H3. The first-order chi connectivity index (χ1) is 9.86. The molecule has 3 nitrogen and oxygen atoms in total. The van der Waals surface area contributed by atoms with Gasteiger partial charge < -0.3 is 5.32 Å². The van der Waals surface area contributed by atoms with E-state index in [-0.39, 0.29) is 6.04 Å². The van der Waals surface area contributed by atoms with Crippen molar-refractivity contribution < 1.29 is 8.42 Å². The molecule has 0 amide bonds. The zero-order chi connectivity index (χ0) is 15.6. The normalized spacial score (nSPS) is 15.0. The van der Waals surface area contributed by atoms with Crippen LogP contribution in [0.4, 0.5) is 0 Å². The number of fused-ring (bicyclic) bond motifs is 1. The van der Waals surface area contributed by atoms with Crippen LogP contribution in [0.25, 0.3) is 10.8 Å². The average molecular weight is 305 g/mol. The smallest absolute Gasteiger partial charge is 0.151 e. The maximum atomic E-state index is 12.0. The number of hydrogen-bond acceptors (Lipinski definition) is 3. The summed E-state index contributed by atoms with van der Waals surface area (Å²) >= 11 is 0. The molecule has 2 aromatic carbocycles. The highest BCUT2D eigenvalue weighted by atomic mass is 32.2. The molecule has 0 aromatic heterocycles. The maximum Gasteiger partial charge on any atom is 0.151 e. The van der Waals surface area contributed by atoms with E-state index in [2.05, 4.69) is 29.6 Å². The Morgan fingerprint density at radius 3 is 2.43 bits per heavy atom. The first-order valence-corrected chi connectivity index (χ1v) is 9.22. The number of hydrogen-bond donors (Lipinski definition) is 1. The lowest BCUT2D eigenvalue weighted by Gasteiger charge is -2.27. The minimum Gasteiger partial charge on any atom is -0.309 e. The topological polar surface area (TPSA) is 46.2 Å². The molecule has 0 heterocycles. The van der Waals surface area contributed by atoms with Gasteiger partial charge in [-0.15, -0.1) is 0 Å². The Balaban J connectivity index is 2.68. The van der Waals surface area contributed by atoms with Gasteiger partial charge in [-0.2, -0.15) is 0 Å². The molecule has 0 saturated heterocycles. The third kappa shape index (κ3) is 3.27. The largest absolute Gasteiger partial charge is 0.309 e. The molecule has 114 valence electrons. The molecule has 0 spiro atoms. The van der Waals surface area contributed by atoms with Gasteiger partial charge in [-0.25, -0.2) is 8.42 Å². The van der Waals surface area contributed by atoms with Crippen molar-refractivity contribution in [1.82, 2.24) is 5.32 Å². The summed E-state index contributed by atoms with van der Waals surface area (Å²) in [6.07, 6.45) is 1.31. The zero-order valence-electron chi connectivity index (χ0n) is 13.1. The third-order valence-corrected chi connectivity index (χ3v) is 5.69. The van der Waals surface area contributed by atoms with Crippen LogP contribution in [0.1, 0.15) is 31.0 Å². The second-order valence-electron chi connectivity index (χ2n) is 5.59. The van der Waals surface area contributed by atoms with Crippen LogP contribution >= 0.6 is 0 Å². The first kappa shape index (κ1) is 16.0. The van der Waals surface area contributed by atoms with Crippen molar-refractivity contribution in [3.8, 4) is 0 Å². The highest BCUT2D eigenvalue weighted by Crippen LogP contribution is 2.31. The van der Waals surface area contributed by atoms with Crippen molar-refractivity contribution in [3.63, 3.8) is 0 Å². The summed E-state index contributed by atoms with van der Waals surface area (Å²) in [6, 6.07) is 12.1. The lowest BCUT2D eigenvalue weighted by atomic mass is 9.92. The quantitative estimate of drug-likeness (QED) is 0.922. The molecule has 0 aliphatic heterocycles. The molecule has 0 radical (unpaired) electrons. The summed E-state index contributed by atoms with van der Waals surface area (Å²) in [6.45, 7) is 6.56. The molecule has 21 heavy (non-hydrogen) atoms. The molecular weight excluding hydrogens is 282 g/mol. The summed E-state index contributed by atoms with van der Waals surface area (Å²) in [4.78, 5) is 0. The van der Waals surface area contributed by atoms with Gasteiger partial charge in [-0.1, -0.05) is 43.3 Å². The monoisotopic (exact) mass is 305 g/mol. The Labute approximate surface area is 127 Å². The van der Waals surface area contributed by atoms with Gasteiger partial charge in [0.15, 0.2) is 9.84 Å². The fourth-order valence-electron chi connectivity index (χ4n) is 2.79. The van der Waals surface area contributed by atoms with E-state index in [1.807, 2.05) is 26.0 Å². The molecule has 0 aliphatic carbocycles. The van der Waals surface area contributed by atoms with Crippen LogP contribution < -0.4 is 5.32 Å². The lowest BCUT2D eigenvalue weighted by molar-refractivity contribution is 0.514. The van der Waals surface area contributed by atoms with E-state index >= 15 is 0 Å². The Morgan fingerprint density at radius 2 is 1.81 bits per heavy atom. The number of aryl methyl sites for hydroxylation is 1. The van der Waals surface area contributed by atoms with Crippen LogP contribution in [0.3, 0.4) is 0 Å². The average Bonchev–Trinajstić information content (AvgIpc) is 2.44. The second-order valence-corrected chi connectivity index (χ2v) is 7.99. The molecule has 0 saturated carbocycles.